The average Bonchev–Trinajstić information content (AvgIpc) is 4.03. The van der Waals surface area contributed by atoms with Gasteiger partial charge in [-0.15, -0.1) is 0 Å². The van der Waals surface area contributed by atoms with Crippen molar-refractivity contribution in [2.24, 2.45) is 41.2 Å². The van der Waals surface area contributed by atoms with E-state index in [-0.39, 0.29) is 30.8 Å². The summed E-state index contributed by atoms with van der Waals surface area (Å²) < 4.78 is 24.6. The number of aliphatic hydroxyl groups excluding tert-OH is 2. The Morgan fingerprint density at radius 1 is 0.691 bits per heavy atom. The molecule has 352 valence electrons. The van der Waals surface area contributed by atoms with E-state index in [2.05, 4.69) is 50.9 Å². The number of hydrogen-bond acceptors (Lipinski definition) is 13. The van der Waals surface area contributed by atoms with Crippen molar-refractivity contribution in [3.8, 4) is 46.3 Å². The minimum atomic E-state index is -0.717. The van der Waals surface area contributed by atoms with Gasteiger partial charge < -0.3 is 53.4 Å². The third-order valence-electron chi connectivity index (χ3n) is 13.5. The number of aromatic nitrogens is 6. The molecule has 2 saturated heterocycles. The molecule has 2 amide bonds. The summed E-state index contributed by atoms with van der Waals surface area (Å²) in [7, 11) is 2.83. The number of hydrogen-bond donors (Lipinski definition) is 3. The van der Waals surface area contributed by atoms with E-state index in [1.165, 1.54) is 14.2 Å². The molecule has 2 aliphatic heterocycles. The highest BCUT2D eigenvalue weighted by Gasteiger charge is 2.57. The van der Waals surface area contributed by atoms with Crippen molar-refractivity contribution in [2.75, 3.05) is 46.9 Å². The second kappa shape index (κ2) is 19.6. The third-order valence-corrected chi connectivity index (χ3v) is 13.5. The maximum Gasteiger partial charge on any atom is 0.409 e. The molecule has 4 aromatic heterocycles. The molecule has 10 atom stereocenters. The van der Waals surface area contributed by atoms with Crippen LogP contribution in [-0.2, 0) is 9.47 Å². The number of carbonyl (C=O) groups excluding carboxylic acids is 2. The van der Waals surface area contributed by atoms with Crippen LogP contribution in [0.1, 0.15) is 85.6 Å². The highest BCUT2D eigenvalue weighted by molar-refractivity contribution is 5.69. The molecule has 17 nitrogen and oxygen atoms in total. The molecule has 0 spiro atoms. The molecular weight excluding hydrogens is 867 g/mol. The summed E-state index contributed by atoms with van der Waals surface area (Å²) in [5, 5.41) is 28.5. The largest absolute Gasteiger partial charge is 0.453 e. The van der Waals surface area contributed by atoms with Crippen LogP contribution < -0.4 is 5.73 Å². The van der Waals surface area contributed by atoms with Crippen molar-refractivity contribution in [2.45, 2.75) is 51.5 Å². The Hall–Kier alpha value is -7.18. The Labute approximate surface area is 394 Å². The number of aliphatic hydroxyl groups is 2. The monoisotopic (exact) mass is 921 g/mol. The fourth-order valence-corrected chi connectivity index (χ4v) is 9.72. The van der Waals surface area contributed by atoms with Gasteiger partial charge in [-0.2, -0.15) is 0 Å². The van der Waals surface area contributed by atoms with Gasteiger partial charge in [0.05, 0.1) is 26.3 Å². The molecule has 6 heterocycles. The number of carbonyl (C=O) groups is 2. The van der Waals surface area contributed by atoms with Crippen molar-refractivity contribution in [3.63, 3.8) is 0 Å². The molecule has 10 rings (SSSR count). The summed E-state index contributed by atoms with van der Waals surface area (Å²) in [6.45, 7) is 8.65. The van der Waals surface area contributed by atoms with E-state index in [4.69, 9.17) is 24.3 Å². The Morgan fingerprint density at radius 3 is 1.46 bits per heavy atom. The maximum absolute atomic E-state index is 11.6. The molecule has 68 heavy (non-hydrogen) atoms. The average molecular weight is 922 g/mol. The van der Waals surface area contributed by atoms with Gasteiger partial charge in [0.2, 0.25) is 0 Å². The number of fused-ring (bicyclic) bond motifs is 2. The molecule has 2 aliphatic carbocycles. The van der Waals surface area contributed by atoms with Crippen LogP contribution in [0.25, 0.3) is 22.6 Å². The van der Waals surface area contributed by atoms with Crippen LogP contribution in [0.15, 0.2) is 94.5 Å². The first kappa shape index (κ1) is 46.0. The van der Waals surface area contributed by atoms with Gasteiger partial charge in [-0.05, 0) is 92.5 Å². The molecule has 6 aromatic rings. The Kier molecular flexibility index (Phi) is 13.2. The maximum atomic E-state index is 11.6. The van der Waals surface area contributed by atoms with Crippen molar-refractivity contribution >= 4 is 12.2 Å². The standard InChI is InChI=1S/C26H28N4O4.C25H27N5O4/c1-4-23(30-12-11-27-25(30)16(2)31)22-13-24(34-28-22)18-8-5-17(6-9-18)7-10-19-20-14-29(15-21(19)20)26(32)33-3;1-15(31)24-27-9-10-30(24)22(12-26)21-11-23(34-28-21)17-6-3-16(4-7-17)5-8-18-19-13-29(14-20(18)19)25(32)33-2/h5-6,8-9,11-13,16,19-21,23,31H,4,14-15H2,1-3H3;3-4,6-7,9-11,15,18-20,22,31H,12-14,26H2,1-2H3/t16-,19?,20-,21+,23+;15-,18?,19-,20+,22+/m00/s1. The minimum absolute atomic E-state index is 0.0668. The highest BCUT2D eigenvalue weighted by Crippen LogP contribution is 2.52. The van der Waals surface area contributed by atoms with Gasteiger partial charge in [-0.25, -0.2) is 19.6 Å². The lowest BCUT2D eigenvalue weighted by Crippen LogP contribution is -2.31. The quantitative estimate of drug-likeness (QED) is 0.129. The number of methoxy groups -OCH3 is 2. The van der Waals surface area contributed by atoms with Crippen molar-refractivity contribution in [3.05, 3.63) is 120 Å². The van der Waals surface area contributed by atoms with E-state index < -0.39 is 12.2 Å². The fraction of sp³-hybridized carbons (Fsp3) is 0.412. The lowest BCUT2D eigenvalue weighted by atomic mass is 10.1. The fourth-order valence-electron chi connectivity index (χ4n) is 9.72. The smallest absolute Gasteiger partial charge is 0.409 e. The molecule has 2 aromatic carbocycles. The Balaban J connectivity index is 0.000000170. The SMILES string of the molecule is CC[C@H](c1cc(-c2ccc(C#CC3[C@H]4CN(C(=O)OC)C[C@@H]34)cc2)on1)n1ccnc1[C@H](C)O.COC(=O)N1C[C@@H]2C(C#Cc3ccc(-c4cc([C@@H](CN)n5ccnc5[C@H](C)O)no4)cc3)[C@@H]2C1. The number of piperidine rings is 2. The number of nitrogens with zero attached hydrogens (tertiary/aromatic N) is 8. The molecule has 17 heteroatoms. The summed E-state index contributed by atoms with van der Waals surface area (Å²) in [5.74, 6) is 18.3. The first-order valence-electron chi connectivity index (χ1n) is 22.9. The van der Waals surface area contributed by atoms with E-state index >= 15 is 0 Å². The van der Waals surface area contributed by atoms with Crippen LogP contribution in [0.5, 0.6) is 0 Å². The Morgan fingerprint density at radius 2 is 1.09 bits per heavy atom. The van der Waals surface area contributed by atoms with Crippen LogP contribution in [0.2, 0.25) is 0 Å². The van der Waals surface area contributed by atoms with Gasteiger partial charge in [0.15, 0.2) is 11.5 Å². The summed E-state index contributed by atoms with van der Waals surface area (Å²) in [4.78, 5) is 35.2. The van der Waals surface area contributed by atoms with Gasteiger partial charge in [0, 0.05) is 104 Å². The van der Waals surface area contributed by atoms with Crippen LogP contribution in [0, 0.1) is 59.2 Å². The van der Waals surface area contributed by atoms with E-state index in [0.29, 0.717) is 64.4 Å². The summed E-state index contributed by atoms with van der Waals surface area (Å²) in [6.07, 6.45) is 5.88. The van der Waals surface area contributed by atoms with Crippen LogP contribution in [-0.4, -0.2) is 109 Å². The Bertz CT molecular complexity index is 2640. The second-order valence-electron chi connectivity index (χ2n) is 17.8. The number of nitrogens with two attached hydrogens (primary N) is 1. The summed E-state index contributed by atoms with van der Waals surface area (Å²) >= 11 is 0. The molecule has 4 N–H and O–H groups in total. The number of rotatable bonds is 10. The molecule has 0 bridgehead atoms. The third kappa shape index (κ3) is 9.38. The van der Waals surface area contributed by atoms with Crippen LogP contribution in [0.3, 0.4) is 0 Å². The van der Waals surface area contributed by atoms with E-state index in [9.17, 15) is 19.8 Å². The van der Waals surface area contributed by atoms with E-state index in [0.717, 1.165) is 60.5 Å². The second-order valence-corrected chi connectivity index (χ2v) is 17.8. The predicted octanol–water partition coefficient (Wildman–Crippen LogP) is 6.32. The number of likely N-dealkylation sites (tertiary alicyclic amines) is 2. The van der Waals surface area contributed by atoms with Gasteiger partial charge in [0.25, 0.3) is 0 Å². The lowest BCUT2D eigenvalue weighted by Gasteiger charge is -2.17. The number of amides is 2. The molecule has 2 unspecified atom stereocenters. The van der Waals surface area contributed by atoms with E-state index in [1.54, 1.807) is 42.2 Å². The first-order valence-corrected chi connectivity index (χ1v) is 22.9. The normalized spacial score (nSPS) is 22.5. The first-order chi connectivity index (χ1) is 33.0. The minimum Gasteiger partial charge on any atom is -0.453 e. The molecule has 4 fully saturated rings. The van der Waals surface area contributed by atoms with Gasteiger partial charge in [-0.3, -0.25) is 0 Å². The number of benzene rings is 2. The number of ether oxygens (including phenoxy) is 2. The lowest BCUT2D eigenvalue weighted by molar-refractivity contribution is 0.127. The summed E-state index contributed by atoms with van der Waals surface area (Å²) in [5.41, 5.74) is 11.2. The zero-order chi connectivity index (χ0) is 47.6. The zero-order valence-corrected chi connectivity index (χ0v) is 38.6. The van der Waals surface area contributed by atoms with Crippen LogP contribution in [0.4, 0.5) is 9.59 Å². The van der Waals surface area contributed by atoms with Gasteiger partial charge in [-0.1, -0.05) is 40.9 Å². The van der Waals surface area contributed by atoms with Crippen LogP contribution >= 0.6 is 0 Å². The van der Waals surface area contributed by atoms with Gasteiger partial charge in [0.1, 0.15) is 35.2 Å². The topological polar surface area (TPSA) is 213 Å². The molecule has 2 saturated carbocycles. The van der Waals surface area contributed by atoms with E-state index in [1.807, 2.05) is 76.0 Å². The number of imidazole rings is 2. The summed E-state index contributed by atoms with van der Waals surface area (Å²) in [6, 6.07) is 19.2. The zero-order valence-electron chi connectivity index (χ0n) is 38.6. The molecule has 4 aliphatic rings. The van der Waals surface area contributed by atoms with Crippen molar-refractivity contribution in [1.29, 1.82) is 0 Å². The molecule has 0 radical (unpaired) electrons. The molecular formula is C51H55N9O8. The van der Waals surface area contributed by atoms with Crippen molar-refractivity contribution < 1.29 is 38.3 Å². The van der Waals surface area contributed by atoms with Gasteiger partial charge >= 0.3 is 12.2 Å². The predicted molar refractivity (Wildman–Crippen MR) is 248 cm³/mol. The van der Waals surface area contributed by atoms with Crippen molar-refractivity contribution in [1.82, 2.24) is 39.2 Å². The highest BCUT2D eigenvalue weighted by atomic mass is 16.5.